The lowest BCUT2D eigenvalue weighted by atomic mass is 10.0. The Morgan fingerprint density at radius 2 is 2.00 bits per heavy atom. The summed E-state index contributed by atoms with van der Waals surface area (Å²) < 4.78 is 25.0. The number of halogens is 2. The fourth-order valence-corrected chi connectivity index (χ4v) is 0.853. The zero-order valence-corrected chi connectivity index (χ0v) is 6.64. The largest absolute Gasteiger partial charge is 0.395 e. The van der Waals surface area contributed by atoms with E-state index in [0.717, 1.165) is 12.1 Å². The van der Waals surface area contributed by atoms with Crippen LogP contribution in [0.2, 0.25) is 0 Å². The average Bonchev–Trinajstić information content (AvgIpc) is 2.08. The molecule has 0 atom stereocenters. The third-order valence-corrected chi connectivity index (χ3v) is 1.65. The minimum Gasteiger partial charge on any atom is -0.395 e. The molecule has 0 amide bonds. The Morgan fingerprint density at radius 1 is 1.33 bits per heavy atom. The normalized spacial score (nSPS) is 10.8. The second kappa shape index (κ2) is 3.63. The maximum atomic E-state index is 12.6. The predicted octanol–water partition coefficient (Wildman–Crippen LogP) is 1.90. The van der Waals surface area contributed by atoms with E-state index in [1.807, 2.05) is 0 Å². The molecule has 12 heavy (non-hydrogen) atoms. The lowest BCUT2D eigenvalue weighted by molar-refractivity contribution is 0.314. The van der Waals surface area contributed by atoms with Gasteiger partial charge >= 0.3 is 0 Å². The highest BCUT2D eigenvalue weighted by atomic mass is 19.2. The summed E-state index contributed by atoms with van der Waals surface area (Å²) in [5.74, 6) is -1.14. The summed E-state index contributed by atoms with van der Waals surface area (Å²) in [6, 6.07) is 3.55. The second-order valence-corrected chi connectivity index (χ2v) is 2.57. The van der Waals surface area contributed by atoms with E-state index in [4.69, 9.17) is 5.11 Å². The van der Waals surface area contributed by atoms with Gasteiger partial charge in [-0.2, -0.15) is 0 Å². The summed E-state index contributed by atoms with van der Waals surface area (Å²) in [6.45, 7) is 1.51. The number of aliphatic hydroxyl groups excluding tert-OH is 1. The quantitative estimate of drug-likeness (QED) is 0.720. The van der Waals surface area contributed by atoms with Crippen LogP contribution in [0.4, 0.5) is 8.78 Å². The molecule has 0 saturated carbocycles. The standard InChI is InChI=1S/C9H9F2O/c1-6(5-12)7-2-3-8(10)9(11)4-7/h2-4,12H,5H2,1H3. The zero-order chi connectivity index (χ0) is 9.14. The van der Waals surface area contributed by atoms with Crippen molar-refractivity contribution in [2.45, 2.75) is 6.92 Å². The molecule has 0 unspecified atom stereocenters. The first-order valence-corrected chi connectivity index (χ1v) is 3.54. The number of hydrogen-bond acceptors (Lipinski definition) is 1. The van der Waals surface area contributed by atoms with Crippen molar-refractivity contribution in [3.05, 3.63) is 41.3 Å². The van der Waals surface area contributed by atoms with Gasteiger partial charge in [0.05, 0.1) is 6.61 Å². The van der Waals surface area contributed by atoms with Crippen LogP contribution in [-0.2, 0) is 0 Å². The van der Waals surface area contributed by atoms with Gasteiger partial charge in [-0.05, 0) is 17.7 Å². The summed E-state index contributed by atoms with van der Waals surface area (Å²) in [6.07, 6.45) is 0. The molecule has 0 aliphatic rings. The Labute approximate surface area is 69.7 Å². The molecule has 3 heteroatoms. The summed E-state index contributed by atoms with van der Waals surface area (Å²) in [4.78, 5) is 0. The van der Waals surface area contributed by atoms with E-state index in [0.29, 0.717) is 11.5 Å². The first-order valence-electron chi connectivity index (χ1n) is 3.54. The highest BCUT2D eigenvalue weighted by Gasteiger charge is 2.07. The van der Waals surface area contributed by atoms with E-state index in [9.17, 15) is 8.78 Å². The van der Waals surface area contributed by atoms with Gasteiger partial charge < -0.3 is 5.11 Å². The van der Waals surface area contributed by atoms with Gasteiger partial charge in [-0.25, -0.2) is 8.78 Å². The van der Waals surface area contributed by atoms with Gasteiger partial charge in [0.25, 0.3) is 0 Å². The zero-order valence-electron chi connectivity index (χ0n) is 6.64. The Morgan fingerprint density at radius 3 is 2.50 bits per heavy atom. The van der Waals surface area contributed by atoms with Gasteiger partial charge in [-0.15, -0.1) is 0 Å². The van der Waals surface area contributed by atoms with Crippen LogP contribution >= 0.6 is 0 Å². The third kappa shape index (κ3) is 1.80. The third-order valence-electron chi connectivity index (χ3n) is 1.65. The van der Waals surface area contributed by atoms with Crippen molar-refractivity contribution in [2.24, 2.45) is 0 Å². The number of hydrogen-bond donors (Lipinski definition) is 1. The van der Waals surface area contributed by atoms with Crippen molar-refractivity contribution in [1.82, 2.24) is 0 Å². The molecule has 1 aromatic carbocycles. The highest BCUT2D eigenvalue weighted by Crippen LogP contribution is 2.16. The second-order valence-electron chi connectivity index (χ2n) is 2.57. The fourth-order valence-electron chi connectivity index (χ4n) is 0.853. The molecule has 1 nitrogen and oxygen atoms in total. The SMILES string of the molecule is C[C](CO)c1ccc(F)c(F)c1. The Bertz CT molecular complexity index is 273. The van der Waals surface area contributed by atoms with Gasteiger partial charge in [0, 0.05) is 5.92 Å². The summed E-state index contributed by atoms with van der Waals surface area (Å²) in [7, 11) is 0. The van der Waals surface area contributed by atoms with Crippen molar-refractivity contribution in [1.29, 1.82) is 0 Å². The maximum absolute atomic E-state index is 12.6. The number of rotatable bonds is 2. The molecule has 0 saturated heterocycles. The maximum Gasteiger partial charge on any atom is 0.159 e. The van der Waals surface area contributed by atoms with Crippen LogP contribution < -0.4 is 0 Å². The van der Waals surface area contributed by atoms with Gasteiger partial charge in [0.15, 0.2) is 11.6 Å². The molecule has 65 valence electrons. The smallest absolute Gasteiger partial charge is 0.159 e. The first kappa shape index (κ1) is 9.13. The number of aliphatic hydroxyl groups is 1. The molecule has 1 aromatic rings. The topological polar surface area (TPSA) is 20.2 Å². The predicted molar refractivity (Wildman–Crippen MR) is 41.5 cm³/mol. The lowest BCUT2D eigenvalue weighted by Gasteiger charge is -2.06. The molecular formula is C9H9F2O. The minimum atomic E-state index is -0.889. The van der Waals surface area contributed by atoms with Crippen molar-refractivity contribution in [2.75, 3.05) is 6.61 Å². The van der Waals surface area contributed by atoms with Crippen molar-refractivity contribution >= 4 is 0 Å². The van der Waals surface area contributed by atoms with Crippen LogP contribution in [0.5, 0.6) is 0 Å². The number of benzene rings is 1. The van der Waals surface area contributed by atoms with E-state index in [1.165, 1.54) is 6.07 Å². The summed E-state index contributed by atoms with van der Waals surface area (Å²) >= 11 is 0. The van der Waals surface area contributed by atoms with Crippen LogP contribution in [0.1, 0.15) is 12.5 Å². The molecule has 0 aromatic heterocycles. The molecule has 0 bridgehead atoms. The van der Waals surface area contributed by atoms with E-state index < -0.39 is 11.6 Å². The van der Waals surface area contributed by atoms with Crippen molar-refractivity contribution in [3.63, 3.8) is 0 Å². The van der Waals surface area contributed by atoms with E-state index in [2.05, 4.69) is 0 Å². The monoisotopic (exact) mass is 171 g/mol. The van der Waals surface area contributed by atoms with Crippen LogP contribution in [0.15, 0.2) is 18.2 Å². The van der Waals surface area contributed by atoms with Crippen LogP contribution in [0.25, 0.3) is 0 Å². The molecule has 1 N–H and O–H groups in total. The lowest BCUT2D eigenvalue weighted by Crippen LogP contribution is -2.00. The van der Waals surface area contributed by atoms with Crippen molar-refractivity contribution < 1.29 is 13.9 Å². The van der Waals surface area contributed by atoms with Crippen molar-refractivity contribution in [3.8, 4) is 0 Å². The summed E-state index contributed by atoms with van der Waals surface area (Å²) in [5.41, 5.74) is 0.524. The van der Waals surface area contributed by atoms with E-state index in [-0.39, 0.29) is 6.61 Å². The first-order chi connectivity index (χ1) is 5.65. The van der Waals surface area contributed by atoms with Crippen LogP contribution in [-0.4, -0.2) is 11.7 Å². The van der Waals surface area contributed by atoms with Gasteiger partial charge in [0.1, 0.15) is 0 Å². The van der Waals surface area contributed by atoms with Crippen LogP contribution in [0, 0.1) is 17.6 Å². The van der Waals surface area contributed by atoms with E-state index in [1.54, 1.807) is 6.92 Å². The minimum absolute atomic E-state index is 0.148. The molecule has 0 heterocycles. The van der Waals surface area contributed by atoms with Gasteiger partial charge in [-0.3, -0.25) is 0 Å². The van der Waals surface area contributed by atoms with E-state index >= 15 is 0 Å². The molecule has 1 radical (unpaired) electrons. The Balaban J connectivity index is 2.96. The van der Waals surface area contributed by atoms with Crippen LogP contribution in [0.3, 0.4) is 0 Å². The Hall–Kier alpha value is -0.960. The molecule has 0 spiro atoms. The molecule has 0 aliphatic carbocycles. The van der Waals surface area contributed by atoms with Gasteiger partial charge in [-0.1, -0.05) is 13.0 Å². The average molecular weight is 171 g/mol. The molecule has 1 rings (SSSR count). The van der Waals surface area contributed by atoms with Gasteiger partial charge in [0.2, 0.25) is 0 Å². The summed E-state index contributed by atoms with van der Waals surface area (Å²) in [5, 5.41) is 8.70. The molecule has 0 aliphatic heterocycles. The Kier molecular flexibility index (Phi) is 2.76. The highest BCUT2D eigenvalue weighted by molar-refractivity contribution is 5.30. The molecular weight excluding hydrogens is 162 g/mol. The fraction of sp³-hybridized carbons (Fsp3) is 0.222. The molecule has 0 fully saturated rings.